The third-order valence-electron chi connectivity index (χ3n) is 4.89. The molecule has 1 N–H and O–H groups in total. The standard InChI is InChI=1S/C23H28Cl2N2O3/c1-5-16(3)26-23(29)17(4)27(13-18-8-6-15(2)7-9-18)22(28)14-30-21-11-10-19(24)12-20(21)25/h6-12,16-17H,5,13-14H2,1-4H3,(H,26,29)/t16-,17-/m0/s1. The van der Waals surface area contributed by atoms with Crippen molar-refractivity contribution in [2.24, 2.45) is 0 Å². The van der Waals surface area contributed by atoms with Crippen LogP contribution in [0.3, 0.4) is 0 Å². The average molecular weight is 451 g/mol. The Morgan fingerprint density at radius 1 is 1.10 bits per heavy atom. The lowest BCUT2D eigenvalue weighted by Crippen LogP contribution is -2.50. The summed E-state index contributed by atoms with van der Waals surface area (Å²) in [5.74, 6) is -0.149. The smallest absolute Gasteiger partial charge is 0.261 e. The number of ether oxygens (including phenoxy) is 1. The topological polar surface area (TPSA) is 58.6 Å². The zero-order valence-corrected chi connectivity index (χ0v) is 19.3. The van der Waals surface area contributed by atoms with Crippen LogP contribution < -0.4 is 10.1 Å². The van der Waals surface area contributed by atoms with Crippen molar-refractivity contribution in [3.8, 4) is 5.75 Å². The maximum atomic E-state index is 13.0. The Morgan fingerprint density at radius 3 is 2.37 bits per heavy atom. The Bertz CT molecular complexity index is 871. The summed E-state index contributed by atoms with van der Waals surface area (Å²) in [6.45, 7) is 7.70. The maximum absolute atomic E-state index is 13.0. The molecule has 30 heavy (non-hydrogen) atoms. The normalized spacial score (nSPS) is 12.7. The number of benzene rings is 2. The third kappa shape index (κ3) is 6.92. The summed E-state index contributed by atoms with van der Waals surface area (Å²) < 4.78 is 5.61. The number of hydrogen-bond acceptors (Lipinski definition) is 3. The molecule has 162 valence electrons. The van der Waals surface area contributed by atoms with E-state index in [1.165, 1.54) is 4.90 Å². The van der Waals surface area contributed by atoms with Crippen LogP contribution >= 0.6 is 23.2 Å². The van der Waals surface area contributed by atoms with E-state index in [4.69, 9.17) is 27.9 Å². The molecule has 0 heterocycles. The van der Waals surface area contributed by atoms with Crippen LogP contribution in [-0.2, 0) is 16.1 Å². The lowest BCUT2D eigenvalue weighted by molar-refractivity contribution is -0.142. The van der Waals surface area contributed by atoms with E-state index in [1.54, 1.807) is 25.1 Å². The van der Waals surface area contributed by atoms with Crippen molar-refractivity contribution < 1.29 is 14.3 Å². The van der Waals surface area contributed by atoms with E-state index >= 15 is 0 Å². The summed E-state index contributed by atoms with van der Waals surface area (Å²) in [5, 5.41) is 3.74. The summed E-state index contributed by atoms with van der Waals surface area (Å²) in [5.41, 5.74) is 2.06. The van der Waals surface area contributed by atoms with Crippen molar-refractivity contribution in [1.82, 2.24) is 10.2 Å². The molecule has 0 aliphatic rings. The molecule has 2 aromatic rings. The highest BCUT2D eigenvalue weighted by Gasteiger charge is 2.27. The maximum Gasteiger partial charge on any atom is 0.261 e. The number of amides is 2. The number of carbonyl (C=O) groups excluding carboxylic acids is 2. The van der Waals surface area contributed by atoms with E-state index in [9.17, 15) is 9.59 Å². The molecule has 0 bridgehead atoms. The van der Waals surface area contributed by atoms with Gasteiger partial charge in [-0.25, -0.2) is 0 Å². The highest BCUT2D eigenvalue weighted by Crippen LogP contribution is 2.27. The van der Waals surface area contributed by atoms with Crippen molar-refractivity contribution >= 4 is 35.0 Å². The molecule has 2 aromatic carbocycles. The minimum atomic E-state index is -0.655. The number of hydrogen-bond donors (Lipinski definition) is 1. The van der Waals surface area contributed by atoms with E-state index < -0.39 is 6.04 Å². The SMILES string of the molecule is CC[C@H](C)NC(=O)[C@H](C)N(Cc1ccc(C)cc1)C(=O)COc1ccc(Cl)cc1Cl. The Morgan fingerprint density at radius 2 is 1.77 bits per heavy atom. The molecule has 2 rings (SSSR count). The quantitative estimate of drug-likeness (QED) is 0.583. The monoisotopic (exact) mass is 450 g/mol. The molecule has 2 atom stereocenters. The van der Waals surface area contributed by atoms with E-state index in [2.05, 4.69) is 5.32 Å². The number of carbonyl (C=O) groups is 2. The fourth-order valence-electron chi connectivity index (χ4n) is 2.75. The predicted molar refractivity (Wildman–Crippen MR) is 121 cm³/mol. The number of nitrogens with zero attached hydrogens (tertiary/aromatic N) is 1. The first-order valence-electron chi connectivity index (χ1n) is 9.94. The number of rotatable bonds is 9. The van der Waals surface area contributed by atoms with Gasteiger partial charge in [-0.15, -0.1) is 0 Å². The molecule has 0 unspecified atom stereocenters. The van der Waals surface area contributed by atoms with Crippen molar-refractivity contribution in [3.63, 3.8) is 0 Å². The van der Waals surface area contributed by atoms with Crippen LogP contribution in [0.2, 0.25) is 10.0 Å². The first-order valence-corrected chi connectivity index (χ1v) is 10.7. The van der Waals surface area contributed by atoms with Gasteiger partial charge >= 0.3 is 0 Å². The van der Waals surface area contributed by atoms with Gasteiger partial charge in [0.15, 0.2) is 6.61 Å². The lowest BCUT2D eigenvalue weighted by Gasteiger charge is -2.29. The Hall–Kier alpha value is -2.24. The Balaban J connectivity index is 2.16. The summed E-state index contributed by atoms with van der Waals surface area (Å²) in [6, 6.07) is 12.0. The second kappa shape index (κ2) is 11.2. The Kier molecular flexibility index (Phi) is 9.00. The second-order valence-corrected chi connectivity index (χ2v) is 8.21. The fourth-order valence-corrected chi connectivity index (χ4v) is 3.22. The van der Waals surface area contributed by atoms with Crippen LogP contribution in [0.25, 0.3) is 0 Å². The largest absolute Gasteiger partial charge is 0.482 e. The van der Waals surface area contributed by atoms with E-state index in [-0.39, 0.29) is 24.5 Å². The molecular formula is C23H28Cl2N2O3. The van der Waals surface area contributed by atoms with Gasteiger partial charge in [0, 0.05) is 17.6 Å². The van der Waals surface area contributed by atoms with Crippen molar-refractivity contribution in [2.45, 2.75) is 52.7 Å². The molecule has 5 nitrogen and oxygen atoms in total. The van der Waals surface area contributed by atoms with Gasteiger partial charge in [-0.3, -0.25) is 9.59 Å². The van der Waals surface area contributed by atoms with Gasteiger partial charge in [-0.2, -0.15) is 0 Å². The predicted octanol–water partition coefficient (Wildman–Crippen LogP) is 5.01. The minimum Gasteiger partial charge on any atom is -0.482 e. The average Bonchev–Trinajstić information content (AvgIpc) is 2.71. The van der Waals surface area contributed by atoms with Gasteiger partial charge in [0.1, 0.15) is 11.8 Å². The van der Waals surface area contributed by atoms with Crippen LogP contribution in [0.15, 0.2) is 42.5 Å². The van der Waals surface area contributed by atoms with Gasteiger partial charge in [-0.1, -0.05) is 60.0 Å². The van der Waals surface area contributed by atoms with Crippen LogP contribution in [0.4, 0.5) is 0 Å². The number of halogens is 2. The Labute approximate surface area is 188 Å². The molecule has 0 saturated heterocycles. The van der Waals surface area contributed by atoms with Crippen molar-refractivity contribution in [1.29, 1.82) is 0 Å². The van der Waals surface area contributed by atoms with Crippen molar-refractivity contribution in [2.75, 3.05) is 6.61 Å². The molecule has 2 amide bonds. The lowest BCUT2D eigenvalue weighted by atomic mass is 10.1. The summed E-state index contributed by atoms with van der Waals surface area (Å²) >= 11 is 12.0. The highest BCUT2D eigenvalue weighted by molar-refractivity contribution is 6.35. The zero-order valence-electron chi connectivity index (χ0n) is 17.7. The molecule has 0 aliphatic heterocycles. The van der Waals surface area contributed by atoms with Gasteiger partial charge in [-0.05, 0) is 51.0 Å². The fraction of sp³-hybridized carbons (Fsp3) is 0.391. The van der Waals surface area contributed by atoms with Crippen LogP contribution in [0, 0.1) is 6.92 Å². The molecule has 0 saturated carbocycles. The van der Waals surface area contributed by atoms with Gasteiger partial charge in [0.05, 0.1) is 5.02 Å². The van der Waals surface area contributed by atoms with Crippen LogP contribution in [-0.4, -0.2) is 35.4 Å². The molecule has 0 fully saturated rings. The molecule has 7 heteroatoms. The molecule has 0 aliphatic carbocycles. The van der Waals surface area contributed by atoms with Gasteiger partial charge < -0.3 is 15.0 Å². The third-order valence-corrected chi connectivity index (χ3v) is 5.42. The van der Waals surface area contributed by atoms with Gasteiger partial charge in [0.25, 0.3) is 5.91 Å². The van der Waals surface area contributed by atoms with Gasteiger partial charge in [0.2, 0.25) is 5.91 Å². The number of nitrogens with one attached hydrogen (secondary N) is 1. The summed E-state index contributed by atoms with van der Waals surface area (Å²) in [4.78, 5) is 27.2. The second-order valence-electron chi connectivity index (χ2n) is 7.36. The minimum absolute atomic E-state index is 0.0281. The summed E-state index contributed by atoms with van der Waals surface area (Å²) in [7, 11) is 0. The molecular weight excluding hydrogens is 423 g/mol. The van der Waals surface area contributed by atoms with E-state index in [1.807, 2.05) is 45.0 Å². The summed E-state index contributed by atoms with van der Waals surface area (Å²) in [6.07, 6.45) is 0.808. The molecule has 0 radical (unpaired) electrons. The zero-order chi connectivity index (χ0) is 22.3. The molecule has 0 spiro atoms. The first-order chi connectivity index (χ1) is 14.2. The van der Waals surface area contributed by atoms with Crippen LogP contribution in [0.1, 0.15) is 38.3 Å². The first kappa shape index (κ1) is 24.0. The van der Waals surface area contributed by atoms with Crippen molar-refractivity contribution in [3.05, 3.63) is 63.6 Å². The number of aryl methyl sites for hydroxylation is 1. The molecule has 0 aromatic heterocycles. The van der Waals surface area contributed by atoms with Crippen LogP contribution in [0.5, 0.6) is 5.75 Å². The highest BCUT2D eigenvalue weighted by atomic mass is 35.5. The van der Waals surface area contributed by atoms with E-state index in [0.29, 0.717) is 22.3 Å². The van der Waals surface area contributed by atoms with E-state index in [0.717, 1.165) is 17.5 Å².